The van der Waals surface area contributed by atoms with E-state index in [4.69, 9.17) is 21.2 Å². The van der Waals surface area contributed by atoms with Gasteiger partial charge in [-0.05, 0) is 69.7 Å². The molecule has 0 aliphatic carbocycles. The van der Waals surface area contributed by atoms with Gasteiger partial charge >= 0.3 is 5.97 Å². The molecule has 1 amide bonds. The Morgan fingerprint density at radius 3 is 2.53 bits per heavy atom. The first-order valence-corrected chi connectivity index (χ1v) is 11.5. The van der Waals surface area contributed by atoms with Crippen LogP contribution in [0.15, 0.2) is 35.5 Å². The third kappa shape index (κ3) is 7.23. The normalized spacial score (nSPS) is 18.3. The van der Waals surface area contributed by atoms with Crippen LogP contribution in [0.4, 0.5) is 0 Å². The zero-order valence-corrected chi connectivity index (χ0v) is 20.2. The number of fused-ring (bicyclic) bond motifs is 1. The molecule has 0 N–H and O–H groups in total. The Morgan fingerprint density at radius 1 is 1.12 bits per heavy atom. The molecule has 0 saturated carbocycles. The number of carbonyl (C=O) groups is 2. The summed E-state index contributed by atoms with van der Waals surface area (Å²) >= 11 is 6.63. The van der Waals surface area contributed by atoms with E-state index in [9.17, 15) is 9.59 Å². The smallest absolute Gasteiger partial charge is 0.338 e. The molecule has 0 saturated heterocycles. The standard InChI is InChI=1S/C25H33ClN2O4/c1-5-28(6-2)22(29)17-32-27-20-13-11-9-7-8-10-12-14-31-25(30)23-18(3)15-19(4)24(26)21(23)16-20/h8,10-11,13,15H,5-7,9,12,14,16-17H2,1-4H3/b10-8+,13-11+,27-20+. The predicted octanol–water partition coefficient (Wildman–Crippen LogP) is 5.19. The van der Waals surface area contributed by atoms with Crippen LogP contribution >= 0.6 is 11.6 Å². The van der Waals surface area contributed by atoms with Crippen LogP contribution in [0.1, 0.15) is 60.2 Å². The van der Waals surface area contributed by atoms with Crippen molar-refractivity contribution in [3.63, 3.8) is 0 Å². The van der Waals surface area contributed by atoms with Gasteiger partial charge in [0.1, 0.15) is 0 Å². The van der Waals surface area contributed by atoms with Crippen molar-refractivity contribution in [3.05, 3.63) is 57.6 Å². The van der Waals surface area contributed by atoms with Crippen molar-refractivity contribution in [1.29, 1.82) is 0 Å². The van der Waals surface area contributed by atoms with E-state index >= 15 is 0 Å². The number of cyclic esters (lactones) is 1. The summed E-state index contributed by atoms with van der Waals surface area (Å²) in [5, 5.41) is 4.73. The number of nitrogens with zero attached hydrogens (tertiary/aromatic N) is 2. The van der Waals surface area contributed by atoms with Crippen molar-refractivity contribution >= 4 is 29.2 Å². The van der Waals surface area contributed by atoms with Crippen LogP contribution in [0.25, 0.3) is 0 Å². The molecule has 32 heavy (non-hydrogen) atoms. The summed E-state index contributed by atoms with van der Waals surface area (Å²) in [6, 6.07) is 1.89. The lowest BCUT2D eigenvalue weighted by Crippen LogP contribution is -2.33. The maximum atomic E-state index is 12.9. The van der Waals surface area contributed by atoms with Crippen molar-refractivity contribution < 1.29 is 19.2 Å². The van der Waals surface area contributed by atoms with Gasteiger partial charge in [-0.1, -0.05) is 41.1 Å². The van der Waals surface area contributed by atoms with E-state index in [-0.39, 0.29) is 18.9 Å². The molecule has 6 nitrogen and oxygen atoms in total. The van der Waals surface area contributed by atoms with Crippen molar-refractivity contribution in [1.82, 2.24) is 4.90 Å². The second-order valence-corrected chi connectivity index (χ2v) is 8.03. The number of rotatable bonds is 5. The van der Waals surface area contributed by atoms with Gasteiger partial charge in [-0.25, -0.2) is 4.79 Å². The van der Waals surface area contributed by atoms with Gasteiger partial charge in [-0.15, -0.1) is 0 Å². The van der Waals surface area contributed by atoms with E-state index in [1.807, 2.05) is 52.0 Å². The highest BCUT2D eigenvalue weighted by Crippen LogP contribution is 2.29. The molecule has 1 aromatic rings. The van der Waals surface area contributed by atoms with E-state index in [0.717, 1.165) is 24.0 Å². The fraction of sp³-hybridized carbons (Fsp3) is 0.480. The van der Waals surface area contributed by atoms with E-state index in [1.165, 1.54) is 0 Å². The molecule has 2 rings (SSSR count). The van der Waals surface area contributed by atoms with Gasteiger partial charge in [0.05, 0.1) is 17.9 Å². The second-order valence-electron chi connectivity index (χ2n) is 7.65. The fourth-order valence-electron chi connectivity index (χ4n) is 3.58. The molecule has 174 valence electrons. The Bertz CT molecular complexity index is 902. The number of allylic oxidation sites excluding steroid dienone is 3. The molecule has 0 fully saturated rings. The van der Waals surface area contributed by atoms with Crippen LogP contribution in [0, 0.1) is 13.8 Å². The number of oxime groups is 1. The predicted molar refractivity (Wildman–Crippen MR) is 128 cm³/mol. The highest BCUT2D eigenvalue weighted by Gasteiger charge is 2.22. The number of aryl methyl sites for hydroxylation is 2. The first-order chi connectivity index (χ1) is 15.4. The zero-order chi connectivity index (χ0) is 23.5. The molecular weight excluding hydrogens is 428 g/mol. The minimum absolute atomic E-state index is 0.122. The fourth-order valence-corrected chi connectivity index (χ4v) is 3.79. The SMILES string of the molecule is CCN(CC)C(=O)CO/N=C1\C=C\CC/C=C/CCOC(=O)c2c(C)cc(C)c(Cl)c2C1. The maximum Gasteiger partial charge on any atom is 0.338 e. The van der Waals surface area contributed by atoms with Crippen LogP contribution in [0.2, 0.25) is 5.02 Å². The average Bonchev–Trinajstić information content (AvgIpc) is 2.76. The lowest BCUT2D eigenvalue weighted by Gasteiger charge is -2.18. The van der Waals surface area contributed by atoms with Crippen molar-refractivity contribution in [3.8, 4) is 0 Å². The van der Waals surface area contributed by atoms with Gasteiger partial charge in [0.25, 0.3) is 5.91 Å². The van der Waals surface area contributed by atoms with Crippen LogP contribution in [-0.2, 0) is 20.8 Å². The van der Waals surface area contributed by atoms with Crippen molar-refractivity contribution in [2.75, 3.05) is 26.3 Å². The summed E-state index contributed by atoms with van der Waals surface area (Å²) in [6.45, 7) is 9.03. The lowest BCUT2D eigenvalue weighted by molar-refractivity contribution is -0.135. The van der Waals surface area contributed by atoms with E-state index in [2.05, 4.69) is 11.2 Å². The summed E-state index contributed by atoms with van der Waals surface area (Å²) in [5.74, 6) is -0.520. The molecule has 0 unspecified atom stereocenters. The molecule has 7 heteroatoms. The maximum absolute atomic E-state index is 12.9. The average molecular weight is 461 g/mol. The Hall–Kier alpha value is -2.60. The zero-order valence-electron chi connectivity index (χ0n) is 19.4. The molecular formula is C25H33ClN2O4. The Morgan fingerprint density at radius 2 is 1.81 bits per heavy atom. The Balaban J connectivity index is 2.39. The third-order valence-electron chi connectivity index (χ3n) is 5.28. The monoisotopic (exact) mass is 460 g/mol. The van der Waals surface area contributed by atoms with Gasteiger partial charge in [-0.2, -0.15) is 0 Å². The number of ether oxygens (including phenoxy) is 1. The van der Waals surface area contributed by atoms with Crippen molar-refractivity contribution in [2.45, 2.75) is 53.4 Å². The first-order valence-electron chi connectivity index (χ1n) is 11.1. The molecule has 1 aliphatic rings. The minimum Gasteiger partial charge on any atom is -0.462 e. The minimum atomic E-state index is -0.397. The van der Waals surface area contributed by atoms with E-state index in [0.29, 0.717) is 48.0 Å². The number of esters is 1. The van der Waals surface area contributed by atoms with Crippen LogP contribution in [-0.4, -0.2) is 48.8 Å². The van der Waals surface area contributed by atoms with Crippen LogP contribution in [0.3, 0.4) is 0 Å². The molecule has 1 aromatic carbocycles. The number of amides is 1. The largest absolute Gasteiger partial charge is 0.462 e. The molecule has 0 aromatic heterocycles. The van der Waals surface area contributed by atoms with E-state index < -0.39 is 5.97 Å². The molecule has 0 spiro atoms. The van der Waals surface area contributed by atoms with Gasteiger partial charge in [0.15, 0.2) is 6.61 Å². The van der Waals surface area contributed by atoms with Gasteiger partial charge in [-0.3, -0.25) is 4.79 Å². The Kier molecular flexibility index (Phi) is 10.5. The second kappa shape index (κ2) is 13.1. The molecule has 0 radical (unpaired) electrons. The number of benzene rings is 1. The highest BCUT2D eigenvalue weighted by molar-refractivity contribution is 6.33. The third-order valence-corrected chi connectivity index (χ3v) is 5.81. The molecule has 0 bridgehead atoms. The summed E-state index contributed by atoms with van der Waals surface area (Å²) in [7, 11) is 0. The van der Waals surface area contributed by atoms with Crippen LogP contribution < -0.4 is 0 Å². The highest BCUT2D eigenvalue weighted by atomic mass is 35.5. The van der Waals surface area contributed by atoms with Gasteiger partial charge in [0.2, 0.25) is 0 Å². The first kappa shape index (κ1) is 25.7. The van der Waals surface area contributed by atoms with Crippen molar-refractivity contribution in [2.24, 2.45) is 5.16 Å². The van der Waals surface area contributed by atoms with Crippen LogP contribution in [0.5, 0.6) is 0 Å². The number of halogens is 1. The number of hydrogen-bond donors (Lipinski definition) is 0. The van der Waals surface area contributed by atoms with Gasteiger partial charge in [0, 0.05) is 24.5 Å². The number of likely N-dealkylation sites (N-methyl/N-ethyl adjacent to an activating group) is 1. The van der Waals surface area contributed by atoms with Gasteiger partial charge < -0.3 is 14.5 Å². The summed E-state index contributed by atoms with van der Waals surface area (Å²) in [4.78, 5) is 32.2. The molecule has 1 heterocycles. The summed E-state index contributed by atoms with van der Waals surface area (Å²) < 4.78 is 5.50. The quantitative estimate of drug-likeness (QED) is 0.344. The Labute approximate surface area is 195 Å². The molecule has 1 aliphatic heterocycles. The number of carbonyl (C=O) groups excluding carboxylic acids is 2. The summed E-state index contributed by atoms with van der Waals surface area (Å²) in [6.07, 6.45) is 10.6. The lowest BCUT2D eigenvalue weighted by atomic mass is 9.94. The topological polar surface area (TPSA) is 68.2 Å². The summed E-state index contributed by atoms with van der Waals surface area (Å²) in [5.41, 5.74) is 3.38. The molecule has 0 atom stereocenters. The van der Waals surface area contributed by atoms with E-state index in [1.54, 1.807) is 4.90 Å². The number of hydrogen-bond acceptors (Lipinski definition) is 5.